The molecule has 3 aromatic rings. The van der Waals surface area contributed by atoms with E-state index in [0.717, 1.165) is 29.1 Å². The first-order valence-electron chi connectivity index (χ1n) is 8.62. The second kappa shape index (κ2) is 7.78. The maximum Gasteiger partial charge on any atom is 0.271 e. The average molecular weight is 346 g/mol. The predicted molar refractivity (Wildman–Crippen MR) is 104 cm³/mol. The first-order valence-corrected chi connectivity index (χ1v) is 8.62. The van der Waals surface area contributed by atoms with Gasteiger partial charge in [-0.3, -0.25) is 9.78 Å². The lowest BCUT2D eigenvalue weighted by Crippen LogP contribution is -2.17. The number of hydrogen-bond donors (Lipinski definition) is 1. The largest absolute Gasteiger partial charge is 0.318 e. The molecule has 26 heavy (non-hydrogen) atoms. The molecule has 0 radical (unpaired) electrons. The summed E-state index contributed by atoms with van der Waals surface area (Å²) in [5, 5.41) is 4.10. The van der Waals surface area contributed by atoms with E-state index in [0.29, 0.717) is 5.56 Å². The van der Waals surface area contributed by atoms with Gasteiger partial charge in [-0.2, -0.15) is 5.10 Å². The minimum atomic E-state index is -0.257. The Morgan fingerprint density at radius 1 is 1.15 bits per heavy atom. The summed E-state index contributed by atoms with van der Waals surface area (Å²) in [5.74, 6) is -0.257. The van der Waals surface area contributed by atoms with Crippen molar-refractivity contribution in [3.8, 4) is 5.69 Å². The molecule has 5 nitrogen and oxygen atoms in total. The molecule has 0 unspecified atom stereocenters. The number of pyridine rings is 1. The zero-order valence-corrected chi connectivity index (χ0v) is 15.2. The number of carbonyl (C=O) groups is 1. The van der Waals surface area contributed by atoms with E-state index < -0.39 is 0 Å². The van der Waals surface area contributed by atoms with Crippen molar-refractivity contribution < 1.29 is 4.79 Å². The molecule has 1 amide bonds. The molecule has 132 valence electrons. The van der Waals surface area contributed by atoms with Crippen LogP contribution in [-0.4, -0.2) is 21.7 Å². The summed E-state index contributed by atoms with van der Waals surface area (Å²) < 4.78 is 2.19. The average Bonchev–Trinajstić information content (AvgIpc) is 2.96. The third-order valence-electron chi connectivity index (χ3n) is 4.39. The van der Waals surface area contributed by atoms with Crippen LogP contribution in [0.15, 0.2) is 60.0 Å². The maximum atomic E-state index is 12.0. The topological polar surface area (TPSA) is 59.3 Å². The van der Waals surface area contributed by atoms with Crippen molar-refractivity contribution in [2.24, 2.45) is 5.10 Å². The number of carbonyl (C=O) groups excluding carboxylic acids is 1. The van der Waals surface area contributed by atoms with Gasteiger partial charge in [-0.25, -0.2) is 5.43 Å². The Bertz CT molecular complexity index is 925. The summed E-state index contributed by atoms with van der Waals surface area (Å²) in [5.41, 5.74) is 8.68. The molecule has 0 spiro atoms. The Balaban J connectivity index is 1.78. The SMILES string of the molecule is CCc1ccc(-n2c(C)cc(/C=N/NC(=O)c3ccncc3)c2C)cc1. The molecule has 3 rings (SSSR count). The van der Waals surface area contributed by atoms with Crippen LogP contribution in [0.5, 0.6) is 0 Å². The van der Waals surface area contributed by atoms with E-state index in [2.05, 4.69) is 64.3 Å². The molecule has 0 aliphatic carbocycles. The van der Waals surface area contributed by atoms with Gasteiger partial charge in [0.25, 0.3) is 5.91 Å². The molecule has 2 heterocycles. The zero-order valence-electron chi connectivity index (χ0n) is 15.2. The molecule has 0 saturated heterocycles. The molecule has 0 atom stereocenters. The highest BCUT2D eigenvalue weighted by Crippen LogP contribution is 2.20. The van der Waals surface area contributed by atoms with Gasteiger partial charge >= 0.3 is 0 Å². The van der Waals surface area contributed by atoms with Crippen molar-refractivity contribution in [2.45, 2.75) is 27.2 Å². The van der Waals surface area contributed by atoms with E-state index in [1.807, 2.05) is 6.92 Å². The van der Waals surface area contributed by atoms with E-state index in [1.54, 1.807) is 30.7 Å². The van der Waals surface area contributed by atoms with E-state index in [-0.39, 0.29) is 5.91 Å². The summed E-state index contributed by atoms with van der Waals surface area (Å²) in [6.45, 7) is 6.26. The molecular weight excluding hydrogens is 324 g/mol. The fraction of sp³-hybridized carbons (Fsp3) is 0.190. The number of nitrogens with one attached hydrogen (secondary N) is 1. The van der Waals surface area contributed by atoms with Crippen LogP contribution in [0.4, 0.5) is 0 Å². The van der Waals surface area contributed by atoms with Crippen molar-refractivity contribution in [1.29, 1.82) is 0 Å². The predicted octanol–water partition coefficient (Wildman–Crippen LogP) is 3.82. The summed E-state index contributed by atoms with van der Waals surface area (Å²) >= 11 is 0. The molecule has 5 heteroatoms. The second-order valence-corrected chi connectivity index (χ2v) is 6.12. The van der Waals surface area contributed by atoms with E-state index >= 15 is 0 Å². The lowest BCUT2D eigenvalue weighted by molar-refractivity contribution is 0.0955. The van der Waals surface area contributed by atoms with Crippen LogP contribution in [0.3, 0.4) is 0 Å². The fourth-order valence-corrected chi connectivity index (χ4v) is 2.92. The highest BCUT2D eigenvalue weighted by molar-refractivity contribution is 5.94. The number of rotatable bonds is 5. The van der Waals surface area contributed by atoms with Crippen LogP contribution in [0.25, 0.3) is 5.69 Å². The number of nitrogens with zero attached hydrogens (tertiary/aromatic N) is 3. The van der Waals surface area contributed by atoms with Crippen LogP contribution in [0, 0.1) is 13.8 Å². The molecule has 0 fully saturated rings. The van der Waals surface area contributed by atoms with Crippen LogP contribution >= 0.6 is 0 Å². The lowest BCUT2D eigenvalue weighted by Gasteiger charge is -2.10. The van der Waals surface area contributed by atoms with Gasteiger partial charge in [0.1, 0.15) is 0 Å². The first kappa shape index (κ1) is 17.6. The molecule has 1 aromatic carbocycles. The van der Waals surface area contributed by atoms with Gasteiger partial charge in [-0.15, -0.1) is 0 Å². The summed E-state index contributed by atoms with van der Waals surface area (Å²) in [4.78, 5) is 15.9. The number of amides is 1. The number of hydrogen-bond acceptors (Lipinski definition) is 3. The van der Waals surface area contributed by atoms with E-state index in [4.69, 9.17) is 0 Å². The standard InChI is InChI=1S/C21H22N4O/c1-4-17-5-7-20(8-6-17)25-15(2)13-19(16(25)3)14-23-24-21(26)18-9-11-22-12-10-18/h5-14H,4H2,1-3H3,(H,24,26)/b23-14+. The van der Waals surface area contributed by atoms with Crippen molar-refractivity contribution in [3.63, 3.8) is 0 Å². The van der Waals surface area contributed by atoms with Crippen LogP contribution in [0.1, 0.15) is 39.8 Å². The number of aryl methyl sites for hydroxylation is 2. The highest BCUT2D eigenvalue weighted by atomic mass is 16.2. The summed E-state index contributed by atoms with van der Waals surface area (Å²) in [6, 6.07) is 13.9. The van der Waals surface area contributed by atoms with E-state index in [9.17, 15) is 4.79 Å². The van der Waals surface area contributed by atoms with Gasteiger partial charge in [0.15, 0.2) is 0 Å². The van der Waals surface area contributed by atoms with Crippen molar-refractivity contribution >= 4 is 12.1 Å². The van der Waals surface area contributed by atoms with Crippen LogP contribution < -0.4 is 5.43 Å². The monoisotopic (exact) mass is 346 g/mol. The normalized spacial score (nSPS) is 11.0. The third-order valence-corrected chi connectivity index (χ3v) is 4.39. The Morgan fingerprint density at radius 2 is 1.85 bits per heavy atom. The van der Waals surface area contributed by atoms with Gasteiger partial charge in [-0.05, 0) is 56.2 Å². The number of aromatic nitrogens is 2. The third kappa shape index (κ3) is 3.72. The Labute approximate surface area is 153 Å². The molecular formula is C21H22N4O. The van der Waals surface area contributed by atoms with E-state index in [1.165, 1.54) is 5.56 Å². The summed E-state index contributed by atoms with van der Waals surface area (Å²) in [7, 11) is 0. The molecule has 0 bridgehead atoms. The number of benzene rings is 1. The molecule has 2 aromatic heterocycles. The smallest absolute Gasteiger partial charge is 0.271 e. The van der Waals surface area contributed by atoms with Gasteiger partial charge in [0.2, 0.25) is 0 Å². The first-order chi connectivity index (χ1) is 12.6. The highest BCUT2D eigenvalue weighted by Gasteiger charge is 2.09. The maximum absolute atomic E-state index is 12.0. The zero-order chi connectivity index (χ0) is 18.5. The molecule has 0 aliphatic heterocycles. The van der Waals surface area contributed by atoms with Crippen molar-refractivity contribution in [2.75, 3.05) is 0 Å². The quantitative estimate of drug-likeness (QED) is 0.564. The van der Waals surface area contributed by atoms with Gasteiger partial charge < -0.3 is 4.57 Å². The second-order valence-electron chi connectivity index (χ2n) is 6.12. The minimum Gasteiger partial charge on any atom is -0.318 e. The fourth-order valence-electron chi connectivity index (χ4n) is 2.92. The Morgan fingerprint density at radius 3 is 2.50 bits per heavy atom. The molecule has 1 N–H and O–H groups in total. The Hall–Kier alpha value is -3.21. The van der Waals surface area contributed by atoms with Crippen molar-refractivity contribution in [1.82, 2.24) is 15.0 Å². The summed E-state index contributed by atoms with van der Waals surface area (Å²) in [6.07, 6.45) is 5.86. The lowest BCUT2D eigenvalue weighted by atomic mass is 10.1. The molecule has 0 saturated carbocycles. The van der Waals surface area contributed by atoms with Gasteiger partial charge in [0.05, 0.1) is 6.21 Å². The van der Waals surface area contributed by atoms with Gasteiger partial charge in [-0.1, -0.05) is 19.1 Å². The van der Waals surface area contributed by atoms with Crippen molar-refractivity contribution in [3.05, 3.63) is 82.9 Å². The number of hydrazone groups is 1. The molecule has 0 aliphatic rings. The van der Waals surface area contributed by atoms with Gasteiger partial charge in [0, 0.05) is 40.6 Å². The van der Waals surface area contributed by atoms with Crippen LogP contribution in [0.2, 0.25) is 0 Å². The minimum absolute atomic E-state index is 0.257. The Kier molecular flexibility index (Phi) is 5.27. The van der Waals surface area contributed by atoms with Crippen LogP contribution in [-0.2, 0) is 6.42 Å².